The fourth-order valence-electron chi connectivity index (χ4n) is 10.1. The standard InChI is InChI=1S/C46H60N4O10/c1-21-13-11-14-22(2)44(56)48-37-36-35(49-46(50-36)29-15-12-16-30(46)20-47-19-29)32-33(40(37)54)39(53)27(7)42-34(32)43(55)45(9,60-42)58-18-17-31(57-10)25(5)41(59-28(8)51)26(6)38(52)24(4)23(21)3/h11,13-14,17-18,21,23-26,29-31,38,41,47,52-54H,12,15-16,19-20H2,1-10H3,(H,48,56)/b13-11+,18-17+,22-14-/t21-,23-,24+,25+,26+,29?,30?,31-,38+,41+,45-,46?/m0/s1. The lowest BCUT2D eigenvalue weighted by Crippen LogP contribution is -2.56. The Morgan fingerprint density at radius 2 is 1.58 bits per heavy atom. The molecule has 1 saturated heterocycles. The Balaban J connectivity index is 1.43. The summed E-state index contributed by atoms with van der Waals surface area (Å²) in [4.78, 5) is 51.9. The molecule has 14 nitrogen and oxygen atoms in total. The Morgan fingerprint density at radius 3 is 2.23 bits per heavy atom. The lowest BCUT2D eigenvalue weighted by Gasteiger charge is -2.47. The molecule has 2 aromatic rings. The number of carbonyl (C=O) groups excluding carboxylic acids is 3. The summed E-state index contributed by atoms with van der Waals surface area (Å²) in [5, 5.41) is 42.9. The Hall–Kier alpha value is -4.79. The minimum Gasteiger partial charge on any atom is -0.507 e. The van der Waals surface area contributed by atoms with E-state index in [2.05, 4.69) is 10.6 Å². The third-order valence-corrected chi connectivity index (χ3v) is 14.2. The molecule has 4 heterocycles. The van der Waals surface area contributed by atoms with Crippen LogP contribution in [0.25, 0.3) is 10.8 Å². The van der Waals surface area contributed by atoms with E-state index in [1.54, 1.807) is 32.1 Å². The molecule has 11 atom stereocenters. The number of ether oxygens (including phenoxy) is 4. The summed E-state index contributed by atoms with van der Waals surface area (Å²) < 4.78 is 24.2. The minimum atomic E-state index is -1.93. The number of anilines is 1. The number of esters is 1. The van der Waals surface area contributed by atoms with Crippen molar-refractivity contribution in [3.8, 4) is 17.2 Å². The van der Waals surface area contributed by atoms with Crippen LogP contribution in [0.4, 0.5) is 5.69 Å². The van der Waals surface area contributed by atoms with E-state index in [0.29, 0.717) is 18.7 Å². The number of hydrogen-bond donors (Lipinski definition) is 5. The Kier molecular flexibility index (Phi) is 11.7. The number of benzene rings is 2. The van der Waals surface area contributed by atoms with Crippen molar-refractivity contribution in [1.82, 2.24) is 5.32 Å². The maximum atomic E-state index is 14.8. The van der Waals surface area contributed by atoms with Crippen molar-refractivity contribution < 1.29 is 48.7 Å². The molecule has 1 amide bonds. The smallest absolute Gasteiger partial charge is 0.312 e. The van der Waals surface area contributed by atoms with Crippen LogP contribution in [-0.2, 0) is 23.8 Å². The number of ketones is 1. The molecule has 324 valence electrons. The number of nitrogens with one attached hydrogen (secondary N) is 2. The van der Waals surface area contributed by atoms with Crippen molar-refractivity contribution in [1.29, 1.82) is 0 Å². The second-order valence-corrected chi connectivity index (χ2v) is 17.9. The lowest BCUT2D eigenvalue weighted by atomic mass is 9.69. The van der Waals surface area contributed by atoms with E-state index < -0.39 is 65.0 Å². The molecule has 1 spiro atoms. The summed E-state index contributed by atoms with van der Waals surface area (Å²) in [7, 11) is 1.51. The number of phenols is 2. The largest absolute Gasteiger partial charge is 0.507 e. The predicted molar refractivity (Wildman–Crippen MR) is 224 cm³/mol. The maximum absolute atomic E-state index is 14.8. The molecule has 2 unspecified atom stereocenters. The quantitative estimate of drug-likeness (QED) is 0.195. The molecule has 7 rings (SSSR count). The fourth-order valence-corrected chi connectivity index (χ4v) is 10.1. The van der Waals surface area contributed by atoms with E-state index in [1.807, 2.05) is 40.7 Å². The summed E-state index contributed by atoms with van der Waals surface area (Å²) in [5.41, 5.74) is -0.323. The molecule has 1 aliphatic carbocycles. The molecule has 0 radical (unpaired) electrons. The van der Waals surface area contributed by atoms with Crippen molar-refractivity contribution in [2.24, 2.45) is 51.4 Å². The van der Waals surface area contributed by atoms with E-state index in [0.717, 1.165) is 19.3 Å². The van der Waals surface area contributed by atoms with Gasteiger partial charge in [0, 0.05) is 74.2 Å². The third-order valence-electron chi connectivity index (χ3n) is 14.2. The number of piperidine rings is 1. The number of methoxy groups -OCH3 is 1. The zero-order valence-corrected chi connectivity index (χ0v) is 36.3. The summed E-state index contributed by atoms with van der Waals surface area (Å²) in [5.74, 6) is -5.45. The van der Waals surface area contributed by atoms with Gasteiger partial charge in [0.15, 0.2) is 11.4 Å². The highest BCUT2D eigenvalue weighted by Crippen LogP contribution is 2.51. The topological polar surface area (TPSA) is 198 Å². The van der Waals surface area contributed by atoms with E-state index >= 15 is 0 Å². The average molecular weight is 829 g/mol. The number of allylic oxidation sites excluding steroid dienone is 3. The Labute approximate surface area is 350 Å². The zero-order chi connectivity index (χ0) is 43.6. The van der Waals surface area contributed by atoms with Crippen LogP contribution in [-0.4, -0.2) is 82.9 Å². The zero-order valence-electron chi connectivity index (χ0n) is 36.3. The van der Waals surface area contributed by atoms with Gasteiger partial charge in [0.25, 0.3) is 11.7 Å². The van der Waals surface area contributed by atoms with Gasteiger partial charge in [-0.25, -0.2) is 0 Å². The predicted octanol–water partition coefficient (Wildman–Crippen LogP) is 5.29. The lowest BCUT2D eigenvalue weighted by molar-refractivity contribution is -0.159. The van der Waals surface area contributed by atoms with Gasteiger partial charge < -0.3 is 44.9 Å². The van der Waals surface area contributed by atoms with Gasteiger partial charge in [0.05, 0.1) is 34.8 Å². The van der Waals surface area contributed by atoms with E-state index in [-0.39, 0.29) is 79.4 Å². The van der Waals surface area contributed by atoms with Crippen molar-refractivity contribution in [2.75, 3.05) is 25.5 Å². The second kappa shape index (κ2) is 16.2. The molecule has 2 aromatic carbocycles. The Bertz CT molecular complexity index is 2300. The first-order valence-corrected chi connectivity index (χ1v) is 21.2. The van der Waals surface area contributed by atoms with Gasteiger partial charge in [-0.05, 0) is 50.5 Å². The SMILES string of the molecule is CO[C@H]1/C=C/O[C@@]2(C)Oc3c(C)c(O)c4c(O)c(c5c(c4c3C2=O)=NC2(N=5)C3CCCC2CNC3)NC(=O)/C(C)=C\C=C\[C@H](C)[C@H](C)[C@@H](C)[C@@H](O)[C@@H](C)[C@H](OC(C)=O)[C@@H]1C. The van der Waals surface area contributed by atoms with Crippen LogP contribution >= 0.6 is 0 Å². The van der Waals surface area contributed by atoms with Gasteiger partial charge in [0.1, 0.15) is 28.6 Å². The van der Waals surface area contributed by atoms with Gasteiger partial charge in [-0.2, -0.15) is 0 Å². The summed E-state index contributed by atoms with van der Waals surface area (Å²) in [6, 6.07) is 0. The normalized spacial score (nSPS) is 37.5. The molecular weight excluding hydrogens is 769 g/mol. The number of hydrogen-bond acceptors (Lipinski definition) is 13. The molecule has 4 aliphatic heterocycles. The van der Waals surface area contributed by atoms with Crippen LogP contribution in [0.3, 0.4) is 0 Å². The molecule has 5 aliphatic rings. The average Bonchev–Trinajstić information content (AvgIpc) is 3.71. The summed E-state index contributed by atoms with van der Waals surface area (Å²) >= 11 is 0. The number of carbonyl (C=O) groups is 3. The van der Waals surface area contributed by atoms with Gasteiger partial charge in [-0.1, -0.05) is 59.3 Å². The number of phenolic OH excluding ortho intramolecular Hbond substituents is 2. The van der Waals surface area contributed by atoms with Crippen LogP contribution in [0, 0.1) is 48.3 Å². The van der Waals surface area contributed by atoms with Gasteiger partial charge >= 0.3 is 11.8 Å². The number of aliphatic hydroxyl groups excluding tert-OH is 1. The molecule has 60 heavy (non-hydrogen) atoms. The van der Waals surface area contributed by atoms with E-state index in [9.17, 15) is 29.7 Å². The van der Waals surface area contributed by atoms with Crippen LogP contribution in [0.2, 0.25) is 0 Å². The van der Waals surface area contributed by atoms with Gasteiger partial charge in [-0.15, -0.1) is 0 Å². The molecule has 1 saturated carbocycles. The number of Topliss-reactive ketones (excluding diaryl/α,β-unsaturated/α-hetero) is 1. The second-order valence-electron chi connectivity index (χ2n) is 17.9. The number of aromatic hydroxyl groups is 2. The van der Waals surface area contributed by atoms with Crippen molar-refractivity contribution in [3.63, 3.8) is 0 Å². The Morgan fingerprint density at radius 1 is 0.917 bits per heavy atom. The van der Waals surface area contributed by atoms with E-state index in [4.69, 9.17) is 28.9 Å². The fraction of sp³-hybridized carbons (Fsp3) is 0.587. The maximum Gasteiger partial charge on any atom is 0.312 e. The molecule has 6 bridgehead atoms. The van der Waals surface area contributed by atoms with Crippen LogP contribution < -0.4 is 26.1 Å². The summed E-state index contributed by atoms with van der Waals surface area (Å²) in [6.07, 6.45) is 8.79. The third kappa shape index (κ3) is 7.07. The molecular formula is C46H60N4O10. The molecule has 14 heteroatoms. The highest BCUT2D eigenvalue weighted by molar-refractivity contribution is 6.19. The summed E-state index contributed by atoms with van der Waals surface area (Å²) in [6.45, 7) is 17.1. The number of rotatable bonds is 2. The molecule has 5 N–H and O–H groups in total. The number of nitrogens with zero attached hydrogens (tertiary/aromatic N) is 2. The molecule has 0 aromatic heterocycles. The van der Waals surface area contributed by atoms with Crippen molar-refractivity contribution in [3.05, 3.63) is 58.0 Å². The number of aliphatic hydroxyl groups is 1. The molecule has 2 fully saturated rings. The first-order valence-electron chi connectivity index (χ1n) is 21.2. The highest BCUT2D eigenvalue weighted by Gasteiger charge is 2.53. The first-order chi connectivity index (χ1) is 28.4. The van der Waals surface area contributed by atoms with Crippen molar-refractivity contribution in [2.45, 2.75) is 111 Å². The van der Waals surface area contributed by atoms with Crippen LogP contribution in [0.1, 0.15) is 90.6 Å². The van der Waals surface area contributed by atoms with Crippen molar-refractivity contribution >= 4 is 34.1 Å². The minimum absolute atomic E-state index is 0.000386. The number of amides is 1. The van der Waals surface area contributed by atoms with Gasteiger partial charge in [0.2, 0.25) is 0 Å². The first kappa shape index (κ1) is 43.3. The van der Waals surface area contributed by atoms with E-state index in [1.165, 1.54) is 27.2 Å². The van der Waals surface area contributed by atoms with Gasteiger partial charge in [-0.3, -0.25) is 24.4 Å². The van der Waals surface area contributed by atoms with Crippen LogP contribution in [0.15, 0.2) is 46.1 Å². The number of fused-ring (bicyclic) bond motifs is 1. The monoisotopic (exact) mass is 828 g/mol. The van der Waals surface area contributed by atoms with Crippen LogP contribution in [0.5, 0.6) is 17.2 Å². The highest BCUT2D eigenvalue weighted by atomic mass is 16.7.